The first-order chi connectivity index (χ1) is 11.1. The van der Waals surface area contributed by atoms with Crippen molar-refractivity contribution in [2.75, 3.05) is 14.2 Å². The highest BCUT2D eigenvalue weighted by Crippen LogP contribution is 2.19. The summed E-state index contributed by atoms with van der Waals surface area (Å²) in [6.07, 6.45) is 0. The molecule has 1 atom stereocenters. The number of fused-ring (bicyclic) bond motifs is 1. The first kappa shape index (κ1) is 15.8. The molecule has 0 bridgehead atoms. The number of thiophene rings is 1. The number of nitrogens with zero attached hydrogens (tertiary/aromatic N) is 4. The van der Waals surface area contributed by atoms with Gasteiger partial charge >= 0.3 is 0 Å². The Morgan fingerprint density at radius 2 is 2.30 bits per heavy atom. The fourth-order valence-corrected chi connectivity index (χ4v) is 2.91. The molecule has 0 radical (unpaired) electrons. The van der Waals surface area contributed by atoms with Crippen molar-refractivity contribution < 1.29 is 9.26 Å². The van der Waals surface area contributed by atoms with Crippen LogP contribution in [0.3, 0.4) is 0 Å². The average Bonchev–Trinajstić information content (AvgIpc) is 3.16. The summed E-state index contributed by atoms with van der Waals surface area (Å²) in [4.78, 5) is 25.5. The third kappa shape index (κ3) is 3.31. The molecule has 9 heteroatoms. The van der Waals surface area contributed by atoms with Gasteiger partial charge in [0.25, 0.3) is 5.56 Å². The van der Waals surface area contributed by atoms with Gasteiger partial charge in [-0.1, -0.05) is 5.16 Å². The topological polar surface area (TPSA) is 97.1 Å². The van der Waals surface area contributed by atoms with Crippen LogP contribution in [0.2, 0.25) is 0 Å². The van der Waals surface area contributed by atoms with E-state index in [9.17, 15) is 4.79 Å². The molecule has 3 aromatic heterocycles. The molecule has 0 aliphatic carbocycles. The zero-order chi connectivity index (χ0) is 16.4. The van der Waals surface area contributed by atoms with E-state index in [1.165, 1.54) is 11.3 Å². The number of ether oxygens (including phenoxy) is 1. The van der Waals surface area contributed by atoms with Crippen molar-refractivity contribution in [1.82, 2.24) is 25.0 Å². The van der Waals surface area contributed by atoms with Crippen LogP contribution < -0.4 is 5.56 Å². The zero-order valence-corrected chi connectivity index (χ0v) is 13.9. The Morgan fingerprint density at radius 3 is 3.09 bits per heavy atom. The van der Waals surface area contributed by atoms with E-state index >= 15 is 0 Å². The standard InChI is InChI=1S/C14H17N5O3S/c1-8(14-17-11(7-21-3)18-22-14)19(2)6-10-15-9-4-5-23-12(9)13(20)16-10/h4-5,8H,6-7H2,1-3H3,(H,15,16,20). The van der Waals surface area contributed by atoms with Gasteiger partial charge in [-0.2, -0.15) is 4.98 Å². The van der Waals surface area contributed by atoms with Gasteiger partial charge in [-0.05, 0) is 25.4 Å². The van der Waals surface area contributed by atoms with Gasteiger partial charge in [0.05, 0.1) is 18.1 Å². The SMILES string of the molecule is COCc1noc(C(C)N(C)Cc2nc3ccsc3c(=O)[nH]2)n1. The molecule has 0 spiro atoms. The van der Waals surface area contributed by atoms with E-state index in [0.29, 0.717) is 35.4 Å². The Morgan fingerprint density at radius 1 is 1.48 bits per heavy atom. The molecule has 0 saturated carbocycles. The van der Waals surface area contributed by atoms with E-state index in [1.54, 1.807) is 7.11 Å². The van der Waals surface area contributed by atoms with Crippen LogP contribution in [-0.2, 0) is 17.9 Å². The molecule has 23 heavy (non-hydrogen) atoms. The lowest BCUT2D eigenvalue weighted by Crippen LogP contribution is -2.25. The summed E-state index contributed by atoms with van der Waals surface area (Å²) in [7, 11) is 3.48. The second-order valence-electron chi connectivity index (χ2n) is 5.22. The molecule has 0 aromatic carbocycles. The van der Waals surface area contributed by atoms with Gasteiger partial charge < -0.3 is 14.2 Å². The minimum absolute atomic E-state index is 0.110. The first-order valence-electron chi connectivity index (χ1n) is 7.06. The second-order valence-corrected chi connectivity index (χ2v) is 6.14. The molecule has 0 aliphatic rings. The van der Waals surface area contributed by atoms with E-state index in [0.717, 1.165) is 5.52 Å². The van der Waals surface area contributed by atoms with Crippen LogP contribution >= 0.6 is 11.3 Å². The Balaban J connectivity index is 1.76. The van der Waals surface area contributed by atoms with E-state index < -0.39 is 0 Å². The predicted octanol–water partition coefficient (Wildman–Crippen LogP) is 1.71. The molecule has 3 aromatic rings. The Kier molecular flexibility index (Phi) is 4.51. The highest BCUT2D eigenvalue weighted by Gasteiger charge is 2.20. The van der Waals surface area contributed by atoms with Gasteiger partial charge in [0.1, 0.15) is 17.1 Å². The van der Waals surface area contributed by atoms with Crippen LogP contribution in [0.15, 0.2) is 20.8 Å². The van der Waals surface area contributed by atoms with Crippen molar-refractivity contribution in [3.63, 3.8) is 0 Å². The van der Waals surface area contributed by atoms with E-state index in [-0.39, 0.29) is 11.6 Å². The molecule has 3 rings (SSSR count). The number of aromatic nitrogens is 4. The number of hydrogen-bond acceptors (Lipinski definition) is 8. The van der Waals surface area contributed by atoms with Crippen LogP contribution in [-0.4, -0.2) is 39.2 Å². The maximum absolute atomic E-state index is 12.0. The predicted molar refractivity (Wildman–Crippen MR) is 85.1 cm³/mol. The fraction of sp³-hybridized carbons (Fsp3) is 0.429. The third-order valence-electron chi connectivity index (χ3n) is 3.54. The van der Waals surface area contributed by atoms with E-state index in [1.807, 2.05) is 30.3 Å². The number of nitrogens with one attached hydrogen (secondary N) is 1. The summed E-state index contributed by atoms with van der Waals surface area (Å²) in [6.45, 7) is 2.72. The lowest BCUT2D eigenvalue weighted by molar-refractivity contribution is 0.173. The number of rotatable bonds is 6. The summed E-state index contributed by atoms with van der Waals surface area (Å²) >= 11 is 1.39. The van der Waals surface area contributed by atoms with Gasteiger partial charge in [0.2, 0.25) is 5.89 Å². The molecule has 1 unspecified atom stereocenters. The lowest BCUT2D eigenvalue weighted by Gasteiger charge is -2.20. The number of hydrogen-bond donors (Lipinski definition) is 1. The fourth-order valence-electron chi connectivity index (χ4n) is 2.18. The summed E-state index contributed by atoms with van der Waals surface area (Å²) < 4.78 is 10.9. The molecule has 0 amide bonds. The molecule has 3 heterocycles. The summed E-state index contributed by atoms with van der Waals surface area (Å²) in [5.41, 5.74) is 0.608. The van der Waals surface area contributed by atoms with Gasteiger partial charge in [-0.3, -0.25) is 9.69 Å². The maximum Gasteiger partial charge on any atom is 0.268 e. The van der Waals surface area contributed by atoms with Crippen LogP contribution in [0, 0.1) is 0 Å². The summed E-state index contributed by atoms with van der Waals surface area (Å²) in [5.74, 6) is 1.61. The van der Waals surface area contributed by atoms with Crippen LogP contribution in [0.5, 0.6) is 0 Å². The largest absolute Gasteiger partial charge is 0.377 e. The van der Waals surface area contributed by atoms with Crippen molar-refractivity contribution in [2.45, 2.75) is 26.1 Å². The number of H-pyrrole nitrogens is 1. The highest BCUT2D eigenvalue weighted by atomic mass is 32.1. The minimum Gasteiger partial charge on any atom is -0.377 e. The molecular weight excluding hydrogens is 318 g/mol. The lowest BCUT2D eigenvalue weighted by atomic mass is 10.3. The minimum atomic E-state index is -0.114. The van der Waals surface area contributed by atoms with Crippen molar-refractivity contribution in [2.24, 2.45) is 0 Å². The molecule has 8 nitrogen and oxygen atoms in total. The van der Waals surface area contributed by atoms with Crippen molar-refractivity contribution in [1.29, 1.82) is 0 Å². The van der Waals surface area contributed by atoms with Gasteiger partial charge in [0.15, 0.2) is 5.82 Å². The van der Waals surface area contributed by atoms with Crippen molar-refractivity contribution in [3.05, 3.63) is 39.3 Å². The summed E-state index contributed by atoms with van der Waals surface area (Å²) in [5, 5.41) is 5.71. The van der Waals surface area contributed by atoms with Gasteiger partial charge in [0, 0.05) is 7.11 Å². The van der Waals surface area contributed by atoms with Gasteiger partial charge in [-0.25, -0.2) is 4.98 Å². The number of methoxy groups -OCH3 is 1. The third-order valence-corrected chi connectivity index (χ3v) is 4.44. The zero-order valence-electron chi connectivity index (χ0n) is 13.1. The van der Waals surface area contributed by atoms with Crippen LogP contribution in [0.4, 0.5) is 0 Å². The molecule has 0 fully saturated rings. The smallest absolute Gasteiger partial charge is 0.268 e. The normalized spacial score (nSPS) is 13.0. The second kappa shape index (κ2) is 6.57. The van der Waals surface area contributed by atoms with Crippen LogP contribution in [0.25, 0.3) is 10.2 Å². The van der Waals surface area contributed by atoms with E-state index in [4.69, 9.17) is 9.26 Å². The summed E-state index contributed by atoms with van der Waals surface area (Å²) in [6, 6.07) is 1.73. The first-order valence-corrected chi connectivity index (χ1v) is 7.94. The Labute approximate surface area is 136 Å². The van der Waals surface area contributed by atoms with Crippen LogP contribution in [0.1, 0.15) is 30.5 Å². The Bertz CT molecular complexity index is 855. The Hall–Kier alpha value is -2.10. The molecule has 122 valence electrons. The molecule has 0 aliphatic heterocycles. The van der Waals surface area contributed by atoms with Crippen molar-refractivity contribution >= 4 is 21.6 Å². The average molecular weight is 335 g/mol. The quantitative estimate of drug-likeness (QED) is 0.732. The molecule has 1 N–H and O–H groups in total. The molecular formula is C14H17N5O3S. The van der Waals surface area contributed by atoms with Gasteiger partial charge in [-0.15, -0.1) is 11.3 Å². The monoisotopic (exact) mass is 335 g/mol. The maximum atomic E-state index is 12.0. The number of aromatic amines is 1. The highest BCUT2D eigenvalue weighted by molar-refractivity contribution is 7.17. The van der Waals surface area contributed by atoms with E-state index in [2.05, 4.69) is 20.1 Å². The molecule has 0 saturated heterocycles. The van der Waals surface area contributed by atoms with Crippen molar-refractivity contribution in [3.8, 4) is 0 Å².